The molecule has 2 N–H and O–H groups in total. The predicted molar refractivity (Wildman–Crippen MR) is 89.5 cm³/mol. The third-order valence-electron chi connectivity index (χ3n) is 4.49. The van der Waals surface area contributed by atoms with Crippen LogP contribution in [0.4, 0.5) is 5.69 Å². The lowest BCUT2D eigenvalue weighted by Crippen LogP contribution is -2.26. The monoisotopic (exact) mass is 300 g/mol. The van der Waals surface area contributed by atoms with Gasteiger partial charge in [0.15, 0.2) is 5.78 Å². The minimum Gasteiger partial charge on any atom is -0.396 e. The third-order valence-corrected chi connectivity index (χ3v) is 4.49. The molecule has 0 saturated carbocycles. The SMILES string of the molecule is Nc1c2c(c3nc4ccccc4c4ccnc1c34)=NCCC2=O. The van der Waals surface area contributed by atoms with Crippen LogP contribution < -0.4 is 11.1 Å². The van der Waals surface area contributed by atoms with E-state index in [2.05, 4.69) is 9.98 Å². The number of nitrogens with two attached hydrogens (primary N) is 1. The fourth-order valence-electron chi connectivity index (χ4n) is 3.47. The highest BCUT2D eigenvalue weighted by Gasteiger charge is 2.23. The first-order chi connectivity index (χ1) is 11.3. The zero-order chi connectivity index (χ0) is 15.6. The number of hydrogen-bond acceptors (Lipinski definition) is 5. The number of Topliss-reactive ketones (excluding diaryl/α,β-unsaturated/α-hetero) is 1. The van der Waals surface area contributed by atoms with Crippen LogP contribution in [0.2, 0.25) is 0 Å². The van der Waals surface area contributed by atoms with Crippen LogP contribution in [-0.2, 0) is 0 Å². The summed E-state index contributed by atoms with van der Waals surface area (Å²) in [5, 5.41) is 3.60. The Bertz CT molecular complexity index is 1200. The van der Waals surface area contributed by atoms with E-state index in [4.69, 9.17) is 10.7 Å². The maximum Gasteiger partial charge on any atom is 0.169 e. The number of anilines is 1. The largest absolute Gasteiger partial charge is 0.396 e. The number of rotatable bonds is 0. The zero-order valence-electron chi connectivity index (χ0n) is 12.2. The molecule has 0 saturated heterocycles. The second-order valence-corrected chi connectivity index (χ2v) is 5.75. The molecule has 110 valence electrons. The van der Waals surface area contributed by atoms with E-state index in [0.29, 0.717) is 35.1 Å². The Morgan fingerprint density at radius 1 is 1.04 bits per heavy atom. The summed E-state index contributed by atoms with van der Waals surface area (Å²) in [6.07, 6.45) is 2.12. The second-order valence-electron chi connectivity index (χ2n) is 5.75. The van der Waals surface area contributed by atoms with Crippen molar-refractivity contribution in [1.29, 1.82) is 0 Å². The van der Waals surface area contributed by atoms with Crippen LogP contribution >= 0.6 is 0 Å². The van der Waals surface area contributed by atoms with Gasteiger partial charge in [0.1, 0.15) is 0 Å². The highest BCUT2D eigenvalue weighted by Crippen LogP contribution is 2.33. The summed E-state index contributed by atoms with van der Waals surface area (Å²) in [6, 6.07) is 9.92. The minimum atomic E-state index is 0.0203. The van der Waals surface area contributed by atoms with E-state index in [1.165, 1.54) is 0 Å². The molecule has 1 aliphatic heterocycles. The fourth-order valence-corrected chi connectivity index (χ4v) is 3.47. The van der Waals surface area contributed by atoms with Gasteiger partial charge in [-0.3, -0.25) is 14.8 Å². The third kappa shape index (κ3) is 1.51. The standard InChI is InChI=1S/C18H12N4O/c19-15-14-12(23)6-8-21-17(14)18-13-10(5-7-20-16(13)15)9-3-1-2-4-11(9)22-18/h1-5,7H,6,8,19H2. The fraction of sp³-hybridized carbons (Fsp3) is 0.111. The van der Waals surface area contributed by atoms with Crippen molar-refractivity contribution in [3.05, 3.63) is 47.4 Å². The summed E-state index contributed by atoms with van der Waals surface area (Å²) < 4.78 is 0. The molecule has 23 heavy (non-hydrogen) atoms. The molecule has 4 aromatic rings. The van der Waals surface area contributed by atoms with Gasteiger partial charge in [-0.25, -0.2) is 4.98 Å². The Hall–Kier alpha value is -3.08. The van der Waals surface area contributed by atoms with Crippen LogP contribution in [0, 0.1) is 0 Å². The Labute approximate surface area is 130 Å². The smallest absolute Gasteiger partial charge is 0.169 e. The first-order valence-electron chi connectivity index (χ1n) is 7.51. The topological polar surface area (TPSA) is 81.2 Å². The predicted octanol–water partition coefficient (Wildman–Crippen LogP) is 2.44. The lowest BCUT2D eigenvalue weighted by molar-refractivity contribution is 0.0981. The molecular formula is C18H12N4O. The van der Waals surface area contributed by atoms with Gasteiger partial charge >= 0.3 is 0 Å². The molecule has 0 unspecified atom stereocenters. The van der Waals surface area contributed by atoms with Crippen molar-refractivity contribution in [2.24, 2.45) is 4.99 Å². The Balaban J connectivity index is 2.19. The summed E-state index contributed by atoms with van der Waals surface area (Å²) in [5.41, 5.74) is 9.42. The number of aromatic nitrogens is 2. The number of fused-ring (bicyclic) bond motifs is 4. The normalized spacial score (nSPS) is 14.3. The van der Waals surface area contributed by atoms with Crippen molar-refractivity contribution >= 4 is 44.2 Å². The van der Waals surface area contributed by atoms with Gasteiger partial charge in [-0.1, -0.05) is 18.2 Å². The molecule has 1 aliphatic rings. The highest BCUT2D eigenvalue weighted by molar-refractivity contribution is 6.22. The van der Waals surface area contributed by atoms with Crippen LogP contribution in [0.1, 0.15) is 16.8 Å². The van der Waals surface area contributed by atoms with E-state index in [0.717, 1.165) is 27.2 Å². The molecule has 2 aromatic carbocycles. The summed E-state index contributed by atoms with van der Waals surface area (Å²) >= 11 is 0. The van der Waals surface area contributed by atoms with Gasteiger partial charge in [0, 0.05) is 29.9 Å². The Morgan fingerprint density at radius 2 is 1.91 bits per heavy atom. The molecule has 0 amide bonds. The number of carbonyl (C=O) groups is 1. The quantitative estimate of drug-likeness (QED) is 0.307. The molecule has 0 spiro atoms. The van der Waals surface area contributed by atoms with Crippen LogP contribution in [0.25, 0.3) is 32.7 Å². The van der Waals surface area contributed by atoms with E-state index in [-0.39, 0.29) is 5.78 Å². The van der Waals surface area contributed by atoms with Crippen LogP contribution in [-0.4, -0.2) is 22.3 Å². The van der Waals surface area contributed by atoms with Gasteiger partial charge < -0.3 is 5.73 Å². The Morgan fingerprint density at radius 3 is 2.83 bits per heavy atom. The molecule has 5 nitrogen and oxygen atoms in total. The van der Waals surface area contributed by atoms with Crippen molar-refractivity contribution in [3.8, 4) is 0 Å². The lowest BCUT2D eigenvalue weighted by atomic mass is 9.95. The van der Waals surface area contributed by atoms with Gasteiger partial charge in [0.05, 0.1) is 33.2 Å². The number of nitrogens with zero attached hydrogens (tertiary/aromatic N) is 3. The van der Waals surface area contributed by atoms with Crippen molar-refractivity contribution in [2.45, 2.75) is 6.42 Å². The molecule has 0 atom stereocenters. The number of pyridine rings is 2. The van der Waals surface area contributed by atoms with Gasteiger partial charge in [-0.05, 0) is 17.5 Å². The maximum atomic E-state index is 12.4. The van der Waals surface area contributed by atoms with Gasteiger partial charge in [-0.15, -0.1) is 0 Å². The van der Waals surface area contributed by atoms with Crippen molar-refractivity contribution in [1.82, 2.24) is 9.97 Å². The molecule has 0 radical (unpaired) electrons. The van der Waals surface area contributed by atoms with Crippen LogP contribution in [0.15, 0.2) is 41.5 Å². The van der Waals surface area contributed by atoms with E-state index >= 15 is 0 Å². The van der Waals surface area contributed by atoms with Gasteiger partial charge in [-0.2, -0.15) is 0 Å². The van der Waals surface area contributed by atoms with Crippen molar-refractivity contribution < 1.29 is 4.79 Å². The number of benzene rings is 2. The number of para-hydroxylation sites is 1. The van der Waals surface area contributed by atoms with Crippen LogP contribution in [0.5, 0.6) is 0 Å². The Kier molecular flexibility index (Phi) is 2.29. The first-order valence-corrected chi connectivity index (χ1v) is 7.51. The van der Waals surface area contributed by atoms with Crippen LogP contribution in [0.3, 0.4) is 0 Å². The van der Waals surface area contributed by atoms with Crippen molar-refractivity contribution in [3.63, 3.8) is 0 Å². The molecule has 5 heteroatoms. The van der Waals surface area contributed by atoms with E-state index in [9.17, 15) is 4.79 Å². The highest BCUT2D eigenvalue weighted by atomic mass is 16.1. The summed E-state index contributed by atoms with van der Waals surface area (Å²) in [6.45, 7) is 0.483. The molecule has 2 aromatic heterocycles. The van der Waals surface area contributed by atoms with Crippen molar-refractivity contribution in [2.75, 3.05) is 12.3 Å². The summed E-state index contributed by atoms with van der Waals surface area (Å²) in [7, 11) is 0. The van der Waals surface area contributed by atoms with Gasteiger partial charge in [0.25, 0.3) is 0 Å². The lowest BCUT2D eigenvalue weighted by Gasteiger charge is -2.15. The molecule has 5 rings (SSSR count). The van der Waals surface area contributed by atoms with E-state index in [1.54, 1.807) is 6.20 Å². The molecular weight excluding hydrogens is 288 g/mol. The number of ketones is 1. The number of hydrogen-bond donors (Lipinski definition) is 1. The molecule has 3 heterocycles. The summed E-state index contributed by atoms with van der Waals surface area (Å²) in [4.78, 5) is 26.1. The average Bonchev–Trinajstić information content (AvgIpc) is 2.59. The van der Waals surface area contributed by atoms with Gasteiger partial charge in [0.2, 0.25) is 0 Å². The van der Waals surface area contributed by atoms with E-state index < -0.39 is 0 Å². The summed E-state index contributed by atoms with van der Waals surface area (Å²) in [5.74, 6) is 0.0203. The zero-order valence-corrected chi connectivity index (χ0v) is 12.2. The first kappa shape index (κ1) is 12.5. The maximum absolute atomic E-state index is 12.4. The second kappa shape index (κ2) is 4.23. The number of nitrogen functional groups attached to an aromatic ring is 1. The molecule has 0 bridgehead atoms. The van der Waals surface area contributed by atoms with E-state index in [1.807, 2.05) is 30.3 Å². The molecule has 0 fully saturated rings. The minimum absolute atomic E-state index is 0.0203. The number of carbonyl (C=O) groups excluding carboxylic acids is 1. The molecule has 0 aliphatic carbocycles. The average molecular weight is 300 g/mol.